The number of hydrogen-bond acceptors (Lipinski definition) is 6. The molecule has 0 saturated heterocycles. The van der Waals surface area contributed by atoms with Gasteiger partial charge in [0.1, 0.15) is 6.61 Å². The standard InChI is InChI=1S/C22H24N4O3/c1-3-4-5-6-15-7-9-16(10-8-15)20(27)17-11-14(2)12-18-21(17)28-13-19(29-18)22-23-25-26-24-22/h7-12,19H,3-6,13H2,1-2H3,(H,23,24,25,26). The number of ketones is 1. The molecule has 1 aliphatic rings. The number of ether oxygens (including phenoxy) is 2. The van der Waals surface area contributed by atoms with Crippen molar-refractivity contribution in [3.63, 3.8) is 0 Å². The van der Waals surface area contributed by atoms with Crippen molar-refractivity contribution in [2.75, 3.05) is 6.61 Å². The summed E-state index contributed by atoms with van der Waals surface area (Å²) in [5.41, 5.74) is 3.32. The van der Waals surface area contributed by atoms with Crippen molar-refractivity contribution in [3.8, 4) is 11.5 Å². The largest absolute Gasteiger partial charge is 0.485 e. The van der Waals surface area contributed by atoms with E-state index in [9.17, 15) is 4.79 Å². The zero-order valence-corrected chi connectivity index (χ0v) is 16.6. The molecule has 2 aromatic carbocycles. The molecule has 7 nitrogen and oxygen atoms in total. The molecule has 1 N–H and O–H groups in total. The van der Waals surface area contributed by atoms with Gasteiger partial charge in [-0.25, -0.2) is 0 Å². The fraction of sp³-hybridized carbons (Fsp3) is 0.364. The number of nitrogens with one attached hydrogen (secondary N) is 1. The molecule has 150 valence electrons. The normalized spacial score (nSPS) is 15.3. The van der Waals surface area contributed by atoms with Gasteiger partial charge in [0.15, 0.2) is 23.4 Å². The summed E-state index contributed by atoms with van der Waals surface area (Å²) in [6.45, 7) is 4.34. The van der Waals surface area contributed by atoms with Gasteiger partial charge in [-0.15, -0.1) is 10.2 Å². The Hall–Kier alpha value is -3.22. The second-order valence-electron chi connectivity index (χ2n) is 7.31. The van der Waals surface area contributed by atoms with E-state index in [0.717, 1.165) is 12.0 Å². The number of unbranched alkanes of at least 4 members (excludes halogenated alkanes) is 2. The van der Waals surface area contributed by atoms with Gasteiger partial charge in [0.2, 0.25) is 5.82 Å². The molecule has 1 aromatic heterocycles. The van der Waals surface area contributed by atoms with Crippen LogP contribution in [0.5, 0.6) is 11.5 Å². The van der Waals surface area contributed by atoms with Gasteiger partial charge >= 0.3 is 0 Å². The van der Waals surface area contributed by atoms with E-state index in [4.69, 9.17) is 9.47 Å². The molecule has 0 fully saturated rings. The Morgan fingerprint density at radius 1 is 1.21 bits per heavy atom. The molecule has 0 aliphatic carbocycles. The van der Waals surface area contributed by atoms with E-state index in [1.807, 2.05) is 43.3 Å². The fourth-order valence-corrected chi connectivity index (χ4v) is 3.48. The maximum Gasteiger partial charge on any atom is 0.218 e. The minimum atomic E-state index is -0.464. The molecule has 7 heteroatoms. The highest BCUT2D eigenvalue weighted by Gasteiger charge is 2.30. The predicted octanol–water partition coefficient (Wildman–Crippen LogP) is 3.98. The van der Waals surface area contributed by atoms with Crippen LogP contribution in [0.25, 0.3) is 0 Å². The third-order valence-electron chi connectivity index (χ3n) is 5.03. The van der Waals surface area contributed by atoms with Gasteiger partial charge in [-0.3, -0.25) is 4.79 Å². The summed E-state index contributed by atoms with van der Waals surface area (Å²) >= 11 is 0. The number of benzene rings is 2. The van der Waals surface area contributed by atoms with E-state index in [1.54, 1.807) is 0 Å². The highest BCUT2D eigenvalue weighted by Crippen LogP contribution is 2.40. The number of aromatic amines is 1. The van der Waals surface area contributed by atoms with Crippen LogP contribution in [0.4, 0.5) is 0 Å². The van der Waals surface area contributed by atoms with Crippen LogP contribution in [0.1, 0.15) is 65.2 Å². The van der Waals surface area contributed by atoms with Gasteiger partial charge in [-0.1, -0.05) is 49.2 Å². The topological polar surface area (TPSA) is 90.0 Å². The van der Waals surface area contributed by atoms with Crippen LogP contribution in [0.15, 0.2) is 36.4 Å². The highest BCUT2D eigenvalue weighted by atomic mass is 16.6. The number of tetrazole rings is 1. The number of carbonyl (C=O) groups is 1. The van der Waals surface area contributed by atoms with Gasteiger partial charge < -0.3 is 9.47 Å². The second-order valence-corrected chi connectivity index (χ2v) is 7.31. The van der Waals surface area contributed by atoms with Crippen molar-refractivity contribution in [2.24, 2.45) is 0 Å². The number of aryl methyl sites for hydroxylation is 2. The lowest BCUT2D eigenvalue weighted by atomic mass is 9.97. The minimum absolute atomic E-state index is 0.0772. The molecule has 0 spiro atoms. The average molecular weight is 392 g/mol. The summed E-state index contributed by atoms with van der Waals surface area (Å²) < 4.78 is 11.9. The molecule has 1 atom stereocenters. The van der Waals surface area contributed by atoms with E-state index in [2.05, 4.69) is 27.5 Å². The Balaban J connectivity index is 1.57. The summed E-state index contributed by atoms with van der Waals surface area (Å²) in [5.74, 6) is 1.33. The van der Waals surface area contributed by atoms with Crippen LogP contribution in [-0.4, -0.2) is 33.0 Å². The van der Waals surface area contributed by atoms with Crippen molar-refractivity contribution in [1.29, 1.82) is 0 Å². The molecule has 0 bridgehead atoms. The van der Waals surface area contributed by atoms with Crippen LogP contribution >= 0.6 is 0 Å². The van der Waals surface area contributed by atoms with Crippen molar-refractivity contribution in [3.05, 3.63) is 64.5 Å². The summed E-state index contributed by atoms with van der Waals surface area (Å²) in [6.07, 6.45) is 4.16. The highest BCUT2D eigenvalue weighted by molar-refractivity contribution is 6.11. The van der Waals surface area contributed by atoms with Crippen LogP contribution < -0.4 is 9.47 Å². The van der Waals surface area contributed by atoms with Crippen molar-refractivity contribution in [1.82, 2.24) is 20.6 Å². The number of aromatic nitrogens is 4. The zero-order valence-electron chi connectivity index (χ0n) is 16.6. The molecule has 0 saturated carbocycles. The molecule has 0 radical (unpaired) electrons. The molecule has 2 heterocycles. The molecular formula is C22H24N4O3. The zero-order chi connectivity index (χ0) is 20.2. The molecule has 3 aromatic rings. The second kappa shape index (κ2) is 8.43. The van der Waals surface area contributed by atoms with Crippen LogP contribution in [-0.2, 0) is 6.42 Å². The fourth-order valence-electron chi connectivity index (χ4n) is 3.48. The molecule has 29 heavy (non-hydrogen) atoms. The quantitative estimate of drug-likeness (QED) is 0.483. The van der Waals surface area contributed by atoms with E-state index in [-0.39, 0.29) is 12.4 Å². The van der Waals surface area contributed by atoms with Gasteiger partial charge in [-0.2, -0.15) is 5.21 Å². The number of hydrogen-bond donors (Lipinski definition) is 1. The molecule has 0 amide bonds. The monoisotopic (exact) mass is 392 g/mol. The summed E-state index contributed by atoms with van der Waals surface area (Å²) in [7, 11) is 0. The molecule has 1 unspecified atom stereocenters. The van der Waals surface area contributed by atoms with Crippen LogP contribution in [0, 0.1) is 6.92 Å². The number of rotatable bonds is 7. The summed E-state index contributed by atoms with van der Waals surface area (Å²) in [6, 6.07) is 11.6. The van der Waals surface area contributed by atoms with E-state index in [1.165, 1.54) is 24.8 Å². The Bertz CT molecular complexity index is 984. The Morgan fingerprint density at radius 2 is 2.03 bits per heavy atom. The van der Waals surface area contributed by atoms with E-state index in [0.29, 0.717) is 28.5 Å². The third-order valence-corrected chi connectivity index (χ3v) is 5.03. The van der Waals surface area contributed by atoms with Crippen LogP contribution in [0.3, 0.4) is 0 Å². The first kappa shape index (κ1) is 19.1. The van der Waals surface area contributed by atoms with Crippen LogP contribution in [0.2, 0.25) is 0 Å². The Morgan fingerprint density at radius 3 is 2.76 bits per heavy atom. The predicted molar refractivity (Wildman–Crippen MR) is 107 cm³/mol. The number of carbonyl (C=O) groups excluding carboxylic acids is 1. The maximum atomic E-state index is 13.2. The van der Waals surface area contributed by atoms with Gasteiger partial charge in [0.25, 0.3) is 0 Å². The number of nitrogens with zero attached hydrogens (tertiary/aromatic N) is 3. The van der Waals surface area contributed by atoms with Gasteiger partial charge in [-0.05, 0) is 43.0 Å². The van der Waals surface area contributed by atoms with Crippen molar-refractivity contribution >= 4 is 5.78 Å². The smallest absolute Gasteiger partial charge is 0.218 e. The first-order valence-corrected chi connectivity index (χ1v) is 9.96. The maximum absolute atomic E-state index is 13.2. The number of H-pyrrole nitrogens is 1. The minimum Gasteiger partial charge on any atom is -0.485 e. The van der Waals surface area contributed by atoms with Crippen molar-refractivity contribution in [2.45, 2.75) is 45.6 Å². The summed E-state index contributed by atoms with van der Waals surface area (Å²) in [4.78, 5) is 13.2. The molecular weight excluding hydrogens is 368 g/mol. The molecule has 1 aliphatic heterocycles. The lowest BCUT2D eigenvalue weighted by molar-refractivity contribution is 0.0820. The third kappa shape index (κ3) is 4.13. The van der Waals surface area contributed by atoms with Gasteiger partial charge in [0.05, 0.1) is 5.56 Å². The van der Waals surface area contributed by atoms with Gasteiger partial charge in [0, 0.05) is 5.56 Å². The van der Waals surface area contributed by atoms with E-state index < -0.39 is 6.10 Å². The Labute approximate surface area is 169 Å². The lowest BCUT2D eigenvalue weighted by Crippen LogP contribution is -2.24. The Kier molecular flexibility index (Phi) is 5.55. The van der Waals surface area contributed by atoms with E-state index >= 15 is 0 Å². The first-order chi connectivity index (χ1) is 14.2. The lowest BCUT2D eigenvalue weighted by Gasteiger charge is -2.26. The first-order valence-electron chi connectivity index (χ1n) is 9.96. The molecule has 4 rings (SSSR count). The van der Waals surface area contributed by atoms with Crippen molar-refractivity contribution < 1.29 is 14.3 Å². The number of fused-ring (bicyclic) bond motifs is 1. The SMILES string of the molecule is CCCCCc1ccc(C(=O)c2cc(C)cc3c2OCC(c2nn[nH]n2)O3)cc1. The average Bonchev–Trinajstić information content (AvgIpc) is 3.28. The summed E-state index contributed by atoms with van der Waals surface area (Å²) in [5, 5.41) is 13.9.